The number of fused-ring (bicyclic) bond motifs is 1. The van der Waals surface area contributed by atoms with E-state index < -0.39 is 0 Å². The lowest BCUT2D eigenvalue weighted by Gasteiger charge is -2.07. The number of carbonyl (C=O) groups excluding carboxylic acids is 1. The first kappa shape index (κ1) is 16.8. The summed E-state index contributed by atoms with van der Waals surface area (Å²) in [4.78, 5) is 12.6. The van der Waals surface area contributed by atoms with Gasteiger partial charge >= 0.3 is 0 Å². The van der Waals surface area contributed by atoms with Gasteiger partial charge in [0, 0.05) is 23.2 Å². The molecule has 0 fully saturated rings. The third kappa shape index (κ3) is 2.75. The van der Waals surface area contributed by atoms with Gasteiger partial charge in [0.1, 0.15) is 0 Å². The van der Waals surface area contributed by atoms with Crippen LogP contribution in [0.4, 0.5) is 0 Å². The largest absolute Gasteiger partial charge is 0.392 e. The minimum absolute atomic E-state index is 0.0214. The highest BCUT2D eigenvalue weighted by molar-refractivity contribution is 6.36. The molecule has 1 aromatic heterocycles. The molecule has 0 aliphatic heterocycles. The standard InChI is InChI=1S/C17H15Cl2N3O2/c1-21-16-10(9-23)3-2-4-14(16)22(17(21)20)8-15(24)12-6-5-11(18)7-13(12)19/h2-7,20,23H,8-9H2,1H3. The van der Waals surface area contributed by atoms with Crippen molar-refractivity contribution in [1.82, 2.24) is 9.13 Å². The van der Waals surface area contributed by atoms with Crippen LogP contribution in [0, 0.1) is 5.41 Å². The number of hydrogen-bond donors (Lipinski definition) is 2. The van der Waals surface area contributed by atoms with Crippen molar-refractivity contribution in [3.05, 3.63) is 63.2 Å². The van der Waals surface area contributed by atoms with E-state index >= 15 is 0 Å². The second-order valence-electron chi connectivity index (χ2n) is 5.46. The van der Waals surface area contributed by atoms with Gasteiger partial charge in [0.15, 0.2) is 5.78 Å². The van der Waals surface area contributed by atoms with E-state index in [1.807, 2.05) is 6.07 Å². The van der Waals surface area contributed by atoms with Crippen LogP contribution in [0.2, 0.25) is 10.0 Å². The first-order valence-electron chi connectivity index (χ1n) is 7.25. The molecule has 0 radical (unpaired) electrons. The van der Waals surface area contributed by atoms with E-state index in [4.69, 9.17) is 28.6 Å². The molecule has 0 aliphatic carbocycles. The molecule has 0 aliphatic rings. The number of nitrogens with one attached hydrogen (secondary N) is 1. The molecule has 0 saturated heterocycles. The topological polar surface area (TPSA) is 71.0 Å². The molecule has 0 unspecified atom stereocenters. The third-order valence-electron chi connectivity index (χ3n) is 4.00. The lowest BCUT2D eigenvalue weighted by atomic mass is 10.1. The fraction of sp³-hybridized carbons (Fsp3) is 0.176. The minimum Gasteiger partial charge on any atom is -0.392 e. The van der Waals surface area contributed by atoms with Gasteiger partial charge < -0.3 is 14.2 Å². The van der Waals surface area contributed by atoms with Crippen molar-refractivity contribution in [3.63, 3.8) is 0 Å². The SMILES string of the molecule is Cn1c(=N)n(CC(=O)c2ccc(Cl)cc2Cl)c2cccc(CO)c21. The fourth-order valence-electron chi connectivity index (χ4n) is 2.82. The molecule has 1 heterocycles. The summed E-state index contributed by atoms with van der Waals surface area (Å²) in [5, 5.41) is 18.5. The number of hydrogen-bond acceptors (Lipinski definition) is 3. The zero-order chi connectivity index (χ0) is 17.4. The maximum Gasteiger partial charge on any atom is 0.203 e. The number of carbonyl (C=O) groups is 1. The number of rotatable bonds is 4. The Balaban J connectivity index is 2.09. The van der Waals surface area contributed by atoms with E-state index in [-0.39, 0.29) is 29.6 Å². The molecule has 3 rings (SSSR count). The van der Waals surface area contributed by atoms with Crippen LogP contribution < -0.4 is 5.62 Å². The molecule has 2 N–H and O–H groups in total. The first-order chi connectivity index (χ1) is 11.4. The lowest BCUT2D eigenvalue weighted by molar-refractivity contribution is 0.0971. The van der Waals surface area contributed by atoms with Crippen LogP contribution in [0.25, 0.3) is 11.0 Å². The molecule has 0 spiro atoms. The molecule has 5 nitrogen and oxygen atoms in total. The summed E-state index contributed by atoms with van der Waals surface area (Å²) >= 11 is 12.0. The van der Waals surface area contributed by atoms with E-state index in [2.05, 4.69) is 0 Å². The summed E-state index contributed by atoms with van der Waals surface area (Å²) in [6, 6.07) is 10.1. The zero-order valence-electron chi connectivity index (χ0n) is 12.9. The van der Waals surface area contributed by atoms with Gasteiger partial charge in [0.25, 0.3) is 0 Å². The van der Waals surface area contributed by atoms with Crippen LogP contribution >= 0.6 is 23.2 Å². The first-order valence-corrected chi connectivity index (χ1v) is 8.00. The van der Waals surface area contributed by atoms with Crippen molar-refractivity contribution in [3.8, 4) is 0 Å². The Hall–Kier alpha value is -2.08. The Kier molecular flexibility index (Phi) is 4.49. The average Bonchev–Trinajstić information content (AvgIpc) is 2.80. The van der Waals surface area contributed by atoms with E-state index in [0.29, 0.717) is 21.7 Å². The fourth-order valence-corrected chi connectivity index (χ4v) is 3.33. The molecular weight excluding hydrogens is 349 g/mol. The summed E-state index contributed by atoms with van der Waals surface area (Å²) in [6.45, 7) is -0.155. The molecule has 24 heavy (non-hydrogen) atoms. The number of halogens is 2. The van der Waals surface area contributed by atoms with E-state index in [0.717, 1.165) is 5.52 Å². The predicted molar refractivity (Wildman–Crippen MR) is 93.5 cm³/mol. The van der Waals surface area contributed by atoms with Crippen LogP contribution in [-0.4, -0.2) is 20.0 Å². The Morgan fingerprint density at radius 2 is 2.00 bits per heavy atom. The van der Waals surface area contributed by atoms with Crippen LogP contribution in [0.1, 0.15) is 15.9 Å². The number of imidazole rings is 1. The molecule has 0 saturated carbocycles. The molecule has 0 amide bonds. The Labute approximate surface area is 148 Å². The lowest BCUT2D eigenvalue weighted by Crippen LogP contribution is -2.26. The monoisotopic (exact) mass is 363 g/mol. The van der Waals surface area contributed by atoms with Gasteiger partial charge in [-0.05, 0) is 24.3 Å². The van der Waals surface area contributed by atoms with Crippen molar-refractivity contribution >= 4 is 40.0 Å². The van der Waals surface area contributed by atoms with Crippen molar-refractivity contribution in [2.24, 2.45) is 7.05 Å². The molecule has 0 bridgehead atoms. The van der Waals surface area contributed by atoms with Gasteiger partial charge in [-0.25, -0.2) is 0 Å². The Morgan fingerprint density at radius 1 is 1.25 bits per heavy atom. The quantitative estimate of drug-likeness (QED) is 0.699. The van der Waals surface area contributed by atoms with E-state index in [9.17, 15) is 9.90 Å². The molecular formula is C17H15Cl2N3O2. The number of nitrogens with zero attached hydrogens (tertiary/aromatic N) is 2. The highest BCUT2D eigenvalue weighted by Crippen LogP contribution is 2.23. The summed E-state index contributed by atoms with van der Waals surface area (Å²) in [7, 11) is 1.74. The minimum atomic E-state index is -0.211. The van der Waals surface area contributed by atoms with E-state index in [1.165, 1.54) is 6.07 Å². The van der Waals surface area contributed by atoms with Crippen molar-refractivity contribution in [2.45, 2.75) is 13.2 Å². The molecule has 124 valence electrons. The Bertz CT molecular complexity index is 1000. The van der Waals surface area contributed by atoms with Crippen molar-refractivity contribution < 1.29 is 9.90 Å². The molecule has 2 aromatic carbocycles. The van der Waals surface area contributed by atoms with Gasteiger partial charge in [-0.1, -0.05) is 35.3 Å². The number of ketones is 1. The van der Waals surface area contributed by atoms with Gasteiger partial charge in [-0.15, -0.1) is 0 Å². The molecule has 0 atom stereocenters. The van der Waals surface area contributed by atoms with Gasteiger partial charge in [0.2, 0.25) is 5.62 Å². The van der Waals surface area contributed by atoms with Gasteiger partial charge in [-0.3, -0.25) is 10.2 Å². The number of aliphatic hydroxyl groups excluding tert-OH is 1. The van der Waals surface area contributed by atoms with E-state index in [1.54, 1.807) is 40.4 Å². The molecule has 7 heteroatoms. The second-order valence-corrected chi connectivity index (χ2v) is 6.30. The van der Waals surface area contributed by atoms with Crippen LogP contribution in [0.3, 0.4) is 0 Å². The normalized spacial score (nSPS) is 11.2. The number of aromatic nitrogens is 2. The summed E-state index contributed by atoms with van der Waals surface area (Å²) in [5.74, 6) is -0.211. The Morgan fingerprint density at radius 3 is 2.67 bits per heavy atom. The number of benzene rings is 2. The number of aliphatic hydroxyl groups is 1. The smallest absolute Gasteiger partial charge is 0.203 e. The van der Waals surface area contributed by atoms with Crippen LogP contribution in [0.15, 0.2) is 36.4 Å². The number of Topliss-reactive ketones (excluding diaryl/α,β-unsaturated/α-hetero) is 1. The molecule has 3 aromatic rings. The van der Waals surface area contributed by atoms with Crippen molar-refractivity contribution in [2.75, 3.05) is 0 Å². The maximum atomic E-state index is 12.6. The summed E-state index contributed by atoms with van der Waals surface area (Å²) in [5.41, 5.74) is 2.69. The number of aryl methyl sites for hydroxylation is 1. The van der Waals surface area contributed by atoms with Gasteiger partial charge in [0.05, 0.1) is 29.2 Å². The maximum absolute atomic E-state index is 12.6. The van der Waals surface area contributed by atoms with Crippen LogP contribution in [-0.2, 0) is 20.2 Å². The van der Waals surface area contributed by atoms with Crippen molar-refractivity contribution in [1.29, 1.82) is 5.41 Å². The highest BCUT2D eigenvalue weighted by atomic mass is 35.5. The van der Waals surface area contributed by atoms with Crippen LogP contribution in [0.5, 0.6) is 0 Å². The zero-order valence-corrected chi connectivity index (χ0v) is 14.4. The van der Waals surface area contributed by atoms with Gasteiger partial charge in [-0.2, -0.15) is 0 Å². The number of para-hydroxylation sites is 1. The predicted octanol–water partition coefficient (Wildman–Crippen LogP) is 3.14. The highest BCUT2D eigenvalue weighted by Gasteiger charge is 2.17. The average molecular weight is 364 g/mol. The summed E-state index contributed by atoms with van der Waals surface area (Å²) < 4.78 is 3.25. The second kappa shape index (κ2) is 6.43. The third-order valence-corrected chi connectivity index (χ3v) is 4.55. The summed E-state index contributed by atoms with van der Waals surface area (Å²) in [6.07, 6.45) is 0.